The summed E-state index contributed by atoms with van der Waals surface area (Å²) < 4.78 is 19.5. The molecule has 1 aromatic carbocycles. The second-order valence-electron chi connectivity index (χ2n) is 4.62. The molecule has 0 saturated carbocycles. The summed E-state index contributed by atoms with van der Waals surface area (Å²) in [7, 11) is 0. The molecular weight excluding hydrogens is 245 g/mol. The fraction of sp³-hybridized carbons (Fsp3) is 0.286. The molecule has 0 unspecified atom stereocenters. The van der Waals surface area contributed by atoms with Crippen molar-refractivity contribution >= 4 is 5.82 Å². The molecule has 19 heavy (non-hydrogen) atoms. The Morgan fingerprint density at radius 3 is 2.68 bits per heavy atom. The third kappa shape index (κ3) is 2.65. The van der Waals surface area contributed by atoms with E-state index >= 15 is 0 Å². The van der Waals surface area contributed by atoms with Crippen molar-refractivity contribution < 1.29 is 9.13 Å². The van der Waals surface area contributed by atoms with Crippen LogP contribution in [0, 0.1) is 12.7 Å². The van der Waals surface area contributed by atoms with E-state index in [0.717, 1.165) is 0 Å². The largest absolute Gasteiger partial charge is 0.435 e. The van der Waals surface area contributed by atoms with Crippen molar-refractivity contribution in [1.82, 2.24) is 9.97 Å². The van der Waals surface area contributed by atoms with E-state index < -0.39 is 5.82 Å². The van der Waals surface area contributed by atoms with Crippen LogP contribution in [0.5, 0.6) is 11.6 Å². The fourth-order valence-corrected chi connectivity index (χ4v) is 1.82. The highest BCUT2D eigenvalue weighted by Gasteiger charge is 2.16. The number of rotatable bonds is 3. The third-order valence-electron chi connectivity index (χ3n) is 2.82. The van der Waals surface area contributed by atoms with Gasteiger partial charge in [0.05, 0.1) is 5.56 Å². The molecule has 4 nitrogen and oxygen atoms in total. The molecule has 0 radical (unpaired) electrons. The van der Waals surface area contributed by atoms with E-state index in [-0.39, 0.29) is 11.7 Å². The number of aromatic nitrogens is 2. The topological polar surface area (TPSA) is 61.0 Å². The maximum absolute atomic E-state index is 13.9. The van der Waals surface area contributed by atoms with Crippen LogP contribution in [0.3, 0.4) is 0 Å². The third-order valence-corrected chi connectivity index (χ3v) is 2.82. The van der Waals surface area contributed by atoms with Crippen LogP contribution in [-0.4, -0.2) is 9.97 Å². The highest BCUT2D eigenvalue weighted by Crippen LogP contribution is 2.32. The van der Waals surface area contributed by atoms with Gasteiger partial charge in [-0.1, -0.05) is 26.0 Å². The van der Waals surface area contributed by atoms with E-state index in [4.69, 9.17) is 10.5 Å². The Morgan fingerprint density at radius 1 is 1.26 bits per heavy atom. The highest BCUT2D eigenvalue weighted by atomic mass is 19.1. The minimum atomic E-state index is -0.394. The average Bonchev–Trinajstić information content (AvgIpc) is 2.34. The number of hydrogen-bond acceptors (Lipinski definition) is 4. The molecular formula is C14H16FN3O. The smallest absolute Gasteiger partial charge is 0.228 e. The number of nitrogens with zero attached hydrogens (tertiary/aromatic N) is 2. The molecule has 0 aliphatic rings. The van der Waals surface area contributed by atoms with Crippen LogP contribution < -0.4 is 10.5 Å². The molecule has 1 aromatic heterocycles. The second-order valence-corrected chi connectivity index (χ2v) is 4.62. The monoisotopic (exact) mass is 261 g/mol. The van der Waals surface area contributed by atoms with Crippen LogP contribution in [-0.2, 0) is 0 Å². The van der Waals surface area contributed by atoms with Gasteiger partial charge in [-0.15, -0.1) is 0 Å². The Balaban J connectivity index is 2.44. The highest BCUT2D eigenvalue weighted by molar-refractivity contribution is 5.48. The van der Waals surface area contributed by atoms with Gasteiger partial charge in [-0.3, -0.25) is 0 Å². The minimum Gasteiger partial charge on any atom is -0.435 e. The molecule has 1 heterocycles. The van der Waals surface area contributed by atoms with Gasteiger partial charge in [0.2, 0.25) is 5.88 Å². The lowest BCUT2D eigenvalue weighted by molar-refractivity contribution is 0.418. The van der Waals surface area contributed by atoms with Crippen molar-refractivity contribution in [3.05, 3.63) is 41.5 Å². The van der Waals surface area contributed by atoms with Gasteiger partial charge < -0.3 is 10.5 Å². The Labute approximate surface area is 111 Å². The SMILES string of the molecule is Cc1cccc(Oc2ncnc(N)c2C(C)C)c1F. The molecule has 0 fully saturated rings. The summed E-state index contributed by atoms with van der Waals surface area (Å²) in [6.45, 7) is 5.59. The summed E-state index contributed by atoms with van der Waals surface area (Å²) in [5.74, 6) is 0.485. The summed E-state index contributed by atoms with van der Waals surface area (Å²) in [5.41, 5.74) is 7.02. The Bertz CT molecular complexity index is 599. The van der Waals surface area contributed by atoms with Crippen LogP contribution in [0.4, 0.5) is 10.2 Å². The number of halogens is 1. The number of nitrogens with two attached hydrogens (primary N) is 1. The minimum absolute atomic E-state index is 0.0871. The fourth-order valence-electron chi connectivity index (χ4n) is 1.82. The number of aryl methyl sites for hydroxylation is 1. The molecule has 0 saturated heterocycles. The Morgan fingerprint density at radius 2 is 2.00 bits per heavy atom. The van der Waals surface area contributed by atoms with E-state index in [1.54, 1.807) is 25.1 Å². The van der Waals surface area contributed by atoms with Crippen molar-refractivity contribution in [2.45, 2.75) is 26.7 Å². The first kappa shape index (κ1) is 13.3. The summed E-state index contributed by atoms with van der Waals surface area (Å²) in [5, 5.41) is 0. The first-order valence-corrected chi connectivity index (χ1v) is 6.04. The second kappa shape index (κ2) is 5.22. The van der Waals surface area contributed by atoms with Crippen LogP contribution >= 0.6 is 0 Å². The van der Waals surface area contributed by atoms with Crippen molar-refractivity contribution in [2.75, 3.05) is 5.73 Å². The van der Waals surface area contributed by atoms with Gasteiger partial charge in [0.25, 0.3) is 0 Å². The summed E-state index contributed by atoms with van der Waals surface area (Å²) in [4.78, 5) is 7.98. The van der Waals surface area contributed by atoms with Crippen LogP contribution in [0.2, 0.25) is 0 Å². The predicted molar refractivity (Wildman–Crippen MR) is 71.7 cm³/mol. The van der Waals surface area contributed by atoms with Crippen molar-refractivity contribution in [3.63, 3.8) is 0 Å². The number of benzene rings is 1. The van der Waals surface area contributed by atoms with Gasteiger partial charge >= 0.3 is 0 Å². The molecule has 100 valence electrons. The Kier molecular flexibility index (Phi) is 3.64. The number of nitrogen functional groups attached to an aromatic ring is 1. The first-order chi connectivity index (χ1) is 9.00. The van der Waals surface area contributed by atoms with Crippen molar-refractivity contribution in [3.8, 4) is 11.6 Å². The van der Waals surface area contributed by atoms with Gasteiger partial charge in [-0.25, -0.2) is 14.4 Å². The van der Waals surface area contributed by atoms with E-state index in [2.05, 4.69) is 9.97 Å². The van der Waals surface area contributed by atoms with Crippen LogP contribution in [0.25, 0.3) is 0 Å². The molecule has 2 N–H and O–H groups in total. The molecule has 0 spiro atoms. The Hall–Kier alpha value is -2.17. The standard InChI is InChI=1S/C14H16FN3O/c1-8(2)11-13(16)17-7-18-14(11)19-10-6-4-5-9(3)12(10)15/h4-8H,1-3H3,(H2,16,17,18). The molecule has 0 bridgehead atoms. The molecule has 0 atom stereocenters. The van der Waals surface area contributed by atoms with E-state index in [1.807, 2.05) is 13.8 Å². The summed E-state index contributed by atoms with van der Waals surface area (Å²) >= 11 is 0. The van der Waals surface area contributed by atoms with E-state index in [1.165, 1.54) is 6.33 Å². The molecule has 0 amide bonds. The molecule has 2 rings (SSSR count). The molecule has 2 aromatic rings. The zero-order valence-corrected chi connectivity index (χ0v) is 11.1. The number of anilines is 1. The summed E-state index contributed by atoms with van der Waals surface area (Å²) in [6, 6.07) is 4.97. The van der Waals surface area contributed by atoms with Crippen molar-refractivity contribution in [2.24, 2.45) is 0 Å². The molecule has 0 aliphatic heterocycles. The summed E-state index contributed by atoms with van der Waals surface area (Å²) in [6.07, 6.45) is 1.31. The maximum Gasteiger partial charge on any atom is 0.228 e. The lowest BCUT2D eigenvalue weighted by Crippen LogP contribution is -2.05. The first-order valence-electron chi connectivity index (χ1n) is 6.04. The maximum atomic E-state index is 13.9. The van der Waals surface area contributed by atoms with Crippen molar-refractivity contribution in [1.29, 1.82) is 0 Å². The van der Waals surface area contributed by atoms with Gasteiger partial charge in [0.1, 0.15) is 12.1 Å². The predicted octanol–water partition coefficient (Wildman–Crippen LogP) is 3.42. The lowest BCUT2D eigenvalue weighted by atomic mass is 10.1. The number of ether oxygens (including phenoxy) is 1. The van der Waals surface area contributed by atoms with Gasteiger partial charge in [0, 0.05) is 0 Å². The number of hydrogen-bond donors (Lipinski definition) is 1. The van der Waals surface area contributed by atoms with Crippen LogP contribution in [0.1, 0.15) is 30.9 Å². The van der Waals surface area contributed by atoms with Gasteiger partial charge in [0.15, 0.2) is 11.6 Å². The quantitative estimate of drug-likeness (QED) is 0.919. The zero-order chi connectivity index (χ0) is 14.0. The average molecular weight is 261 g/mol. The van der Waals surface area contributed by atoms with E-state index in [0.29, 0.717) is 22.8 Å². The molecule has 0 aliphatic carbocycles. The zero-order valence-electron chi connectivity index (χ0n) is 11.1. The normalized spacial score (nSPS) is 10.8. The van der Waals surface area contributed by atoms with Gasteiger partial charge in [-0.2, -0.15) is 0 Å². The van der Waals surface area contributed by atoms with E-state index in [9.17, 15) is 4.39 Å². The molecule has 5 heteroatoms. The van der Waals surface area contributed by atoms with Gasteiger partial charge in [-0.05, 0) is 24.5 Å². The lowest BCUT2D eigenvalue weighted by Gasteiger charge is -2.14. The van der Waals surface area contributed by atoms with Crippen LogP contribution in [0.15, 0.2) is 24.5 Å².